The Morgan fingerprint density at radius 1 is 1.19 bits per heavy atom. The molecule has 0 amide bonds. The summed E-state index contributed by atoms with van der Waals surface area (Å²) in [6.07, 6.45) is -0.0172. The maximum Gasteiger partial charge on any atom is 0.306 e. The number of halogens is 1. The molecule has 0 bridgehead atoms. The summed E-state index contributed by atoms with van der Waals surface area (Å²) in [4.78, 5) is 11.0. The van der Waals surface area contributed by atoms with Gasteiger partial charge in [0.2, 0.25) is 0 Å². The van der Waals surface area contributed by atoms with Crippen LogP contribution in [0.3, 0.4) is 0 Å². The van der Waals surface area contributed by atoms with Crippen LogP contribution in [0.2, 0.25) is 0 Å². The quantitative estimate of drug-likeness (QED) is 0.703. The second-order valence-electron chi connectivity index (χ2n) is 4.54. The van der Waals surface area contributed by atoms with E-state index < -0.39 is 16.2 Å². The normalized spacial score (nSPS) is 11.9. The minimum absolute atomic E-state index is 0.0172. The molecule has 0 saturated heterocycles. The monoisotopic (exact) mass is 318 g/mol. The Bertz CT molecular complexity index is 574. The fraction of sp³-hybridized carbons (Fsp3) is 0.462. The van der Waals surface area contributed by atoms with Crippen LogP contribution < -0.4 is 0 Å². The summed E-state index contributed by atoms with van der Waals surface area (Å²) in [5.41, 5.74) is 0.670. The summed E-state index contributed by atoms with van der Waals surface area (Å²) >= 11 is 0. The number of esters is 1. The maximum absolute atomic E-state index is 12.8. The number of carbonyl (C=O) groups excluding carboxylic acids is 1. The first-order valence-corrected chi connectivity index (χ1v) is 7.66. The van der Waals surface area contributed by atoms with Gasteiger partial charge in [-0.25, -0.2) is 4.39 Å². The molecule has 1 aromatic carbocycles. The van der Waals surface area contributed by atoms with Crippen molar-refractivity contribution in [2.75, 3.05) is 27.7 Å². The van der Waals surface area contributed by atoms with E-state index in [1.165, 1.54) is 45.5 Å². The van der Waals surface area contributed by atoms with Crippen molar-refractivity contribution >= 4 is 16.2 Å². The summed E-state index contributed by atoms with van der Waals surface area (Å²) in [5.74, 6) is -0.849. The Kier molecular flexibility index (Phi) is 6.25. The van der Waals surface area contributed by atoms with Crippen molar-refractivity contribution in [3.8, 4) is 0 Å². The summed E-state index contributed by atoms with van der Waals surface area (Å²) in [6.45, 7) is 0.147. The molecule has 8 heteroatoms. The van der Waals surface area contributed by atoms with Gasteiger partial charge in [-0.3, -0.25) is 4.79 Å². The van der Waals surface area contributed by atoms with Gasteiger partial charge in [-0.2, -0.15) is 17.0 Å². The molecule has 0 aliphatic heterocycles. The zero-order chi connectivity index (χ0) is 16.0. The first-order valence-electron chi connectivity index (χ1n) is 6.26. The Hall–Kier alpha value is -1.51. The van der Waals surface area contributed by atoms with E-state index in [4.69, 9.17) is 0 Å². The van der Waals surface area contributed by atoms with Crippen molar-refractivity contribution in [2.45, 2.75) is 13.0 Å². The number of methoxy groups -OCH3 is 1. The lowest BCUT2D eigenvalue weighted by molar-refractivity contribution is -0.140. The molecule has 0 saturated carbocycles. The Morgan fingerprint density at radius 2 is 1.76 bits per heavy atom. The molecular weight excluding hydrogens is 299 g/mol. The maximum atomic E-state index is 12.8. The zero-order valence-corrected chi connectivity index (χ0v) is 13.1. The van der Waals surface area contributed by atoms with Gasteiger partial charge in [0.1, 0.15) is 5.82 Å². The third kappa shape index (κ3) is 5.07. The van der Waals surface area contributed by atoms with Crippen LogP contribution in [0.5, 0.6) is 0 Å². The molecule has 0 N–H and O–H groups in total. The highest BCUT2D eigenvalue weighted by molar-refractivity contribution is 7.86. The van der Waals surface area contributed by atoms with Crippen molar-refractivity contribution in [3.05, 3.63) is 35.6 Å². The highest BCUT2D eigenvalue weighted by atomic mass is 32.2. The minimum Gasteiger partial charge on any atom is -0.469 e. The zero-order valence-electron chi connectivity index (χ0n) is 12.2. The van der Waals surface area contributed by atoms with Crippen LogP contribution in [0.15, 0.2) is 24.3 Å². The second kappa shape index (κ2) is 7.48. The molecule has 0 heterocycles. The Morgan fingerprint density at radius 3 is 2.29 bits per heavy atom. The highest BCUT2D eigenvalue weighted by Gasteiger charge is 2.24. The van der Waals surface area contributed by atoms with Gasteiger partial charge in [0.25, 0.3) is 10.2 Å². The molecule has 0 aliphatic rings. The van der Waals surface area contributed by atoms with Crippen LogP contribution in [0.1, 0.15) is 12.0 Å². The fourth-order valence-electron chi connectivity index (χ4n) is 1.63. The lowest BCUT2D eigenvalue weighted by Crippen LogP contribution is -2.40. The van der Waals surface area contributed by atoms with E-state index in [0.29, 0.717) is 5.56 Å². The molecule has 0 aromatic heterocycles. The molecule has 0 unspecified atom stereocenters. The van der Waals surface area contributed by atoms with Gasteiger partial charge in [-0.1, -0.05) is 12.1 Å². The standard InChI is InChI=1S/C13H19FN2O4S/c1-15(9-8-13(17)20-3)21(18,19)16(2)10-11-4-6-12(14)7-5-11/h4-7H,8-10H2,1-3H3. The third-order valence-corrected chi connectivity index (χ3v) is 4.85. The van der Waals surface area contributed by atoms with Gasteiger partial charge in [0.05, 0.1) is 13.5 Å². The summed E-state index contributed by atoms with van der Waals surface area (Å²) in [7, 11) is 0.374. The molecule has 6 nitrogen and oxygen atoms in total. The van der Waals surface area contributed by atoms with E-state index in [0.717, 1.165) is 8.61 Å². The molecule has 0 fully saturated rings. The van der Waals surface area contributed by atoms with Crippen molar-refractivity contribution < 1.29 is 22.3 Å². The van der Waals surface area contributed by atoms with Crippen molar-refractivity contribution in [1.29, 1.82) is 0 Å². The van der Waals surface area contributed by atoms with E-state index in [1.54, 1.807) is 0 Å². The van der Waals surface area contributed by atoms with Crippen molar-refractivity contribution in [1.82, 2.24) is 8.61 Å². The molecule has 118 valence electrons. The number of hydrogen-bond acceptors (Lipinski definition) is 4. The molecule has 1 aromatic rings. The molecule has 0 aliphatic carbocycles. The molecule has 1 rings (SSSR count). The van der Waals surface area contributed by atoms with Crippen LogP contribution in [0.25, 0.3) is 0 Å². The summed E-state index contributed by atoms with van der Waals surface area (Å²) in [5, 5.41) is 0. The van der Waals surface area contributed by atoms with Crippen LogP contribution in [-0.2, 0) is 26.3 Å². The predicted molar refractivity (Wildman–Crippen MR) is 76.0 cm³/mol. The number of ether oxygens (including phenoxy) is 1. The molecular formula is C13H19FN2O4S. The molecule has 21 heavy (non-hydrogen) atoms. The van der Waals surface area contributed by atoms with Crippen LogP contribution in [0, 0.1) is 5.82 Å². The number of hydrogen-bond donors (Lipinski definition) is 0. The first-order chi connectivity index (χ1) is 9.77. The van der Waals surface area contributed by atoms with Crippen molar-refractivity contribution in [2.24, 2.45) is 0 Å². The smallest absolute Gasteiger partial charge is 0.306 e. The number of rotatable bonds is 7. The van der Waals surface area contributed by atoms with Crippen LogP contribution in [0.4, 0.5) is 4.39 Å². The van der Waals surface area contributed by atoms with Gasteiger partial charge in [0, 0.05) is 27.2 Å². The van der Waals surface area contributed by atoms with E-state index in [1.807, 2.05) is 0 Å². The molecule has 0 atom stereocenters. The van der Waals surface area contributed by atoms with Crippen LogP contribution in [-0.4, -0.2) is 50.7 Å². The average molecular weight is 318 g/mol. The van der Waals surface area contributed by atoms with Gasteiger partial charge < -0.3 is 4.74 Å². The topological polar surface area (TPSA) is 66.9 Å². The number of carbonyl (C=O) groups is 1. The Labute approximate surface area is 124 Å². The second-order valence-corrected chi connectivity index (χ2v) is 6.68. The average Bonchev–Trinajstić information content (AvgIpc) is 2.46. The molecule has 0 radical (unpaired) electrons. The fourth-order valence-corrected chi connectivity index (χ4v) is 2.74. The SMILES string of the molecule is COC(=O)CCN(C)S(=O)(=O)N(C)Cc1ccc(F)cc1. The van der Waals surface area contributed by atoms with Gasteiger partial charge in [-0.05, 0) is 17.7 Å². The van der Waals surface area contributed by atoms with Gasteiger partial charge in [-0.15, -0.1) is 0 Å². The van der Waals surface area contributed by atoms with E-state index in [9.17, 15) is 17.6 Å². The van der Waals surface area contributed by atoms with E-state index in [2.05, 4.69) is 4.74 Å². The Balaban J connectivity index is 2.67. The highest BCUT2D eigenvalue weighted by Crippen LogP contribution is 2.11. The largest absolute Gasteiger partial charge is 0.469 e. The summed E-state index contributed by atoms with van der Waals surface area (Å²) < 4.78 is 44.0. The third-order valence-electron chi connectivity index (χ3n) is 2.96. The predicted octanol–water partition coefficient (Wildman–Crippen LogP) is 0.997. The minimum atomic E-state index is -3.69. The van der Waals surface area contributed by atoms with Crippen LogP contribution >= 0.6 is 0 Å². The van der Waals surface area contributed by atoms with E-state index >= 15 is 0 Å². The van der Waals surface area contributed by atoms with Gasteiger partial charge >= 0.3 is 5.97 Å². The molecule has 0 spiro atoms. The lowest BCUT2D eigenvalue weighted by atomic mass is 10.2. The lowest BCUT2D eigenvalue weighted by Gasteiger charge is -2.24. The number of benzene rings is 1. The number of nitrogens with zero attached hydrogens (tertiary/aromatic N) is 2. The summed E-state index contributed by atoms with van der Waals surface area (Å²) in [6, 6.07) is 5.60. The van der Waals surface area contributed by atoms with E-state index in [-0.39, 0.29) is 25.3 Å². The van der Waals surface area contributed by atoms with Crippen molar-refractivity contribution in [3.63, 3.8) is 0 Å². The first kappa shape index (κ1) is 17.5. The van der Waals surface area contributed by atoms with Gasteiger partial charge in [0.15, 0.2) is 0 Å².